The lowest BCUT2D eigenvalue weighted by Gasteiger charge is -2.25. The van der Waals surface area contributed by atoms with Crippen molar-refractivity contribution in [1.29, 1.82) is 5.26 Å². The summed E-state index contributed by atoms with van der Waals surface area (Å²) in [5.74, 6) is -0.510. The van der Waals surface area contributed by atoms with Crippen molar-refractivity contribution in [3.63, 3.8) is 0 Å². The summed E-state index contributed by atoms with van der Waals surface area (Å²) in [5.41, 5.74) is 6.52. The zero-order chi connectivity index (χ0) is 21.8. The van der Waals surface area contributed by atoms with Crippen LogP contribution < -0.4 is 10.6 Å². The molecule has 30 heavy (non-hydrogen) atoms. The van der Waals surface area contributed by atoms with Crippen LogP contribution in [0.5, 0.6) is 0 Å². The number of nitriles is 1. The van der Waals surface area contributed by atoms with Gasteiger partial charge in [-0.3, -0.25) is 9.59 Å². The zero-order valence-electron chi connectivity index (χ0n) is 17.6. The number of aryl methyl sites for hydroxylation is 4. The lowest BCUT2D eigenvalue weighted by Crippen LogP contribution is -2.31. The van der Waals surface area contributed by atoms with Gasteiger partial charge in [0.1, 0.15) is 0 Å². The van der Waals surface area contributed by atoms with E-state index in [1.807, 2.05) is 64.1 Å². The third-order valence-corrected chi connectivity index (χ3v) is 6.14. The summed E-state index contributed by atoms with van der Waals surface area (Å²) in [5, 5.41) is 16.0. The monoisotopic (exact) mass is 419 g/mol. The molecule has 0 saturated heterocycles. The number of thioether (sulfide) groups is 1. The van der Waals surface area contributed by atoms with Crippen LogP contribution in [0.25, 0.3) is 0 Å². The van der Waals surface area contributed by atoms with Crippen molar-refractivity contribution in [2.24, 2.45) is 0 Å². The molecular weight excluding hydrogens is 394 g/mol. The molecule has 1 heterocycles. The summed E-state index contributed by atoms with van der Waals surface area (Å²) in [6.07, 6.45) is 0.226. The van der Waals surface area contributed by atoms with Crippen LogP contribution in [0.15, 0.2) is 47.0 Å². The largest absolute Gasteiger partial charge is 0.325 e. The van der Waals surface area contributed by atoms with Gasteiger partial charge in [-0.25, -0.2) is 0 Å². The van der Waals surface area contributed by atoms with E-state index in [1.54, 1.807) is 0 Å². The van der Waals surface area contributed by atoms with Gasteiger partial charge >= 0.3 is 0 Å². The lowest BCUT2D eigenvalue weighted by atomic mass is 9.87. The second-order valence-corrected chi connectivity index (χ2v) is 8.67. The fourth-order valence-electron chi connectivity index (χ4n) is 3.71. The maximum Gasteiger partial charge on any atom is 0.234 e. The highest BCUT2D eigenvalue weighted by atomic mass is 32.2. The van der Waals surface area contributed by atoms with Crippen LogP contribution in [-0.2, 0) is 9.59 Å². The number of nitrogens with zero attached hydrogens (tertiary/aromatic N) is 1. The first kappa shape index (κ1) is 21.7. The maximum absolute atomic E-state index is 12.6. The van der Waals surface area contributed by atoms with Gasteiger partial charge in [-0.05, 0) is 44.4 Å². The minimum absolute atomic E-state index is 0.105. The Kier molecular flexibility index (Phi) is 6.63. The van der Waals surface area contributed by atoms with Crippen molar-refractivity contribution in [2.45, 2.75) is 40.0 Å². The number of hydrogen-bond donors (Lipinski definition) is 2. The zero-order valence-corrected chi connectivity index (χ0v) is 18.4. The molecule has 1 aliphatic heterocycles. The maximum atomic E-state index is 12.6. The van der Waals surface area contributed by atoms with Crippen molar-refractivity contribution < 1.29 is 9.59 Å². The van der Waals surface area contributed by atoms with E-state index < -0.39 is 0 Å². The molecular formula is C24H25N3O2S. The first-order chi connectivity index (χ1) is 14.3. The molecule has 5 nitrogen and oxygen atoms in total. The molecule has 0 radical (unpaired) electrons. The number of benzene rings is 2. The standard InChI is InChI=1S/C24H25N3O2S/c1-14-5-7-18(8-6-14)19-11-21(28)27-24(20(19)12-25)30-13-22(29)26-23-16(3)9-15(2)10-17(23)4/h5-10,19H,11,13H2,1-4H3,(H,26,29)(H,27,28)/t19-/m1/s1. The predicted octanol–water partition coefficient (Wildman–Crippen LogP) is 4.63. The molecule has 2 aromatic carbocycles. The summed E-state index contributed by atoms with van der Waals surface area (Å²) < 4.78 is 0. The Labute approximate surface area is 181 Å². The van der Waals surface area contributed by atoms with Gasteiger partial charge < -0.3 is 10.6 Å². The molecule has 3 rings (SSSR count). The fourth-order valence-corrected chi connectivity index (χ4v) is 4.58. The summed E-state index contributed by atoms with van der Waals surface area (Å²) in [6, 6.07) is 14.2. The minimum atomic E-state index is -0.295. The molecule has 1 atom stereocenters. The molecule has 0 fully saturated rings. The topological polar surface area (TPSA) is 82.0 Å². The van der Waals surface area contributed by atoms with Gasteiger partial charge in [-0.15, -0.1) is 0 Å². The quantitative estimate of drug-likeness (QED) is 0.740. The third-order valence-electron chi connectivity index (χ3n) is 5.12. The number of allylic oxidation sites excluding steroid dienone is 1. The van der Waals surface area contributed by atoms with E-state index in [2.05, 4.69) is 16.7 Å². The lowest BCUT2D eigenvalue weighted by molar-refractivity contribution is -0.121. The Hall–Kier alpha value is -3.04. The summed E-state index contributed by atoms with van der Waals surface area (Å²) in [7, 11) is 0. The molecule has 2 aromatic rings. The Morgan fingerprint density at radius 2 is 1.77 bits per heavy atom. The van der Waals surface area contributed by atoms with Gasteiger partial charge in [0.15, 0.2) is 0 Å². The smallest absolute Gasteiger partial charge is 0.234 e. The third kappa shape index (κ3) is 4.92. The van der Waals surface area contributed by atoms with E-state index in [9.17, 15) is 14.9 Å². The van der Waals surface area contributed by atoms with Gasteiger partial charge in [0, 0.05) is 18.0 Å². The summed E-state index contributed by atoms with van der Waals surface area (Å²) in [6.45, 7) is 7.95. The molecule has 0 bridgehead atoms. The molecule has 2 N–H and O–H groups in total. The molecule has 0 aliphatic carbocycles. The Morgan fingerprint density at radius 1 is 1.13 bits per heavy atom. The predicted molar refractivity (Wildman–Crippen MR) is 121 cm³/mol. The Morgan fingerprint density at radius 3 is 2.37 bits per heavy atom. The first-order valence-corrected chi connectivity index (χ1v) is 10.8. The van der Waals surface area contributed by atoms with Gasteiger partial charge in [0.25, 0.3) is 0 Å². The van der Waals surface area contributed by atoms with Crippen LogP contribution in [0, 0.1) is 39.0 Å². The number of carbonyl (C=O) groups excluding carboxylic acids is 2. The van der Waals surface area contributed by atoms with Gasteiger partial charge in [0.2, 0.25) is 11.8 Å². The Balaban J connectivity index is 1.77. The highest BCUT2D eigenvalue weighted by molar-refractivity contribution is 8.03. The number of hydrogen-bond acceptors (Lipinski definition) is 4. The van der Waals surface area contributed by atoms with Crippen molar-refractivity contribution >= 4 is 29.3 Å². The van der Waals surface area contributed by atoms with E-state index >= 15 is 0 Å². The average molecular weight is 420 g/mol. The van der Waals surface area contributed by atoms with Crippen molar-refractivity contribution in [1.82, 2.24) is 5.32 Å². The molecule has 6 heteroatoms. The van der Waals surface area contributed by atoms with Crippen LogP contribution in [0.1, 0.15) is 40.2 Å². The number of rotatable bonds is 5. The van der Waals surface area contributed by atoms with E-state index in [4.69, 9.17) is 0 Å². The van der Waals surface area contributed by atoms with E-state index in [0.717, 1.165) is 33.5 Å². The Bertz CT molecular complexity index is 1040. The molecule has 0 aromatic heterocycles. The average Bonchev–Trinajstić information content (AvgIpc) is 2.69. The highest BCUT2D eigenvalue weighted by Crippen LogP contribution is 2.36. The van der Waals surface area contributed by atoms with E-state index in [-0.39, 0.29) is 29.9 Å². The second-order valence-electron chi connectivity index (χ2n) is 7.68. The van der Waals surface area contributed by atoms with Gasteiger partial charge in [0.05, 0.1) is 22.4 Å². The number of carbonyl (C=O) groups is 2. The normalized spacial score (nSPS) is 16.1. The van der Waals surface area contributed by atoms with Crippen LogP contribution in [-0.4, -0.2) is 17.6 Å². The van der Waals surface area contributed by atoms with Gasteiger partial charge in [-0.1, -0.05) is 59.3 Å². The molecule has 0 spiro atoms. The van der Waals surface area contributed by atoms with Crippen molar-refractivity contribution in [3.05, 3.63) is 74.8 Å². The minimum Gasteiger partial charge on any atom is -0.325 e. The SMILES string of the molecule is Cc1ccc([C@H]2CC(=O)NC(SCC(=O)Nc3c(C)cc(C)cc3C)=C2C#N)cc1. The molecule has 0 unspecified atom stereocenters. The number of amides is 2. The van der Waals surface area contributed by atoms with Crippen LogP contribution in [0.2, 0.25) is 0 Å². The first-order valence-electron chi connectivity index (χ1n) is 9.79. The molecule has 0 saturated carbocycles. The summed E-state index contributed by atoms with van der Waals surface area (Å²) >= 11 is 1.19. The van der Waals surface area contributed by atoms with Crippen molar-refractivity contribution in [2.75, 3.05) is 11.1 Å². The summed E-state index contributed by atoms with van der Waals surface area (Å²) in [4.78, 5) is 24.8. The number of nitrogens with one attached hydrogen (secondary N) is 2. The van der Waals surface area contributed by atoms with Crippen LogP contribution >= 0.6 is 11.8 Å². The second kappa shape index (κ2) is 9.19. The van der Waals surface area contributed by atoms with Gasteiger partial charge in [-0.2, -0.15) is 5.26 Å². The fraction of sp³-hybridized carbons (Fsp3) is 0.292. The van der Waals surface area contributed by atoms with E-state index in [0.29, 0.717) is 10.6 Å². The van der Waals surface area contributed by atoms with Crippen molar-refractivity contribution in [3.8, 4) is 6.07 Å². The van der Waals surface area contributed by atoms with Crippen LogP contribution in [0.3, 0.4) is 0 Å². The molecule has 2 amide bonds. The highest BCUT2D eigenvalue weighted by Gasteiger charge is 2.29. The number of anilines is 1. The molecule has 154 valence electrons. The van der Waals surface area contributed by atoms with E-state index in [1.165, 1.54) is 11.8 Å². The molecule has 1 aliphatic rings. The van der Waals surface area contributed by atoms with Crippen LogP contribution in [0.4, 0.5) is 5.69 Å².